The van der Waals surface area contributed by atoms with Crippen LogP contribution in [0.25, 0.3) is 5.65 Å². The molecule has 0 spiro atoms. The first-order chi connectivity index (χ1) is 16.2. The van der Waals surface area contributed by atoms with Crippen LogP contribution in [0.5, 0.6) is 0 Å². The molecule has 0 atom stereocenters. The van der Waals surface area contributed by atoms with Crippen molar-refractivity contribution in [2.24, 2.45) is 4.99 Å². The van der Waals surface area contributed by atoms with E-state index in [1.807, 2.05) is 106 Å². The number of aromatic nitrogens is 3. The molecular formula is C27H22N4OS. The van der Waals surface area contributed by atoms with Gasteiger partial charge in [-0.1, -0.05) is 42.5 Å². The SMILES string of the molecule is O=C(N=c1ccccn1Cc1ccccc1)c1ccc(SCc2cn3ccccc3n2)cc1. The number of pyridine rings is 2. The molecule has 0 saturated heterocycles. The molecule has 0 aliphatic rings. The summed E-state index contributed by atoms with van der Waals surface area (Å²) in [6.07, 6.45) is 5.98. The number of thioether (sulfide) groups is 1. The molecule has 0 N–H and O–H groups in total. The number of fused-ring (bicyclic) bond motifs is 1. The van der Waals surface area contributed by atoms with E-state index in [0.717, 1.165) is 27.6 Å². The molecule has 0 bridgehead atoms. The maximum Gasteiger partial charge on any atom is 0.278 e. The zero-order chi connectivity index (χ0) is 22.5. The predicted molar refractivity (Wildman–Crippen MR) is 131 cm³/mol. The highest BCUT2D eigenvalue weighted by Gasteiger charge is 2.07. The molecule has 0 saturated carbocycles. The standard InChI is InChI=1S/C27H22N4OS/c32-27(29-26-11-5-6-16-30(26)18-21-8-2-1-3-9-21)22-12-14-24(15-13-22)33-20-23-19-31-17-7-4-10-25(31)28-23/h1-17,19H,18,20H2. The number of carbonyl (C=O) groups excluding carboxylic acids is 1. The highest BCUT2D eigenvalue weighted by molar-refractivity contribution is 7.98. The smallest absolute Gasteiger partial charge is 0.278 e. The van der Waals surface area contributed by atoms with Crippen LogP contribution < -0.4 is 5.49 Å². The van der Waals surface area contributed by atoms with Crippen LogP contribution in [0.4, 0.5) is 0 Å². The fraction of sp³-hybridized carbons (Fsp3) is 0.0741. The van der Waals surface area contributed by atoms with Gasteiger partial charge in [0.25, 0.3) is 5.91 Å². The van der Waals surface area contributed by atoms with Gasteiger partial charge in [0.2, 0.25) is 0 Å². The van der Waals surface area contributed by atoms with Crippen LogP contribution in [0.2, 0.25) is 0 Å². The van der Waals surface area contributed by atoms with Crippen LogP contribution in [0.1, 0.15) is 21.6 Å². The molecule has 0 unspecified atom stereocenters. The summed E-state index contributed by atoms with van der Waals surface area (Å²) in [4.78, 5) is 22.9. The van der Waals surface area contributed by atoms with Crippen LogP contribution in [0.15, 0.2) is 119 Å². The highest BCUT2D eigenvalue weighted by atomic mass is 32.2. The lowest BCUT2D eigenvalue weighted by Crippen LogP contribution is -2.22. The molecule has 0 aliphatic carbocycles. The van der Waals surface area contributed by atoms with Crippen molar-refractivity contribution < 1.29 is 4.79 Å². The van der Waals surface area contributed by atoms with Gasteiger partial charge in [-0.25, -0.2) is 4.98 Å². The summed E-state index contributed by atoms with van der Waals surface area (Å²) in [6, 6.07) is 29.4. The molecule has 3 aromatic heterocycles. The van der Waals surface area contributed by atoms with E-state index in [9.17, 15) is 4.79 Å². The fourth-order valence-corrected chi connectivity index (χ4v) is 4.34. The molecule has 6 heteroatoms. The Morgan fingerprint density at radius 2 is 1.61 bits per heavy atom. The summed E-state index contributed by atoms with van der Waals surface area (Å²) < 4.78 is 4.00. The second kappa shape index (κ2) is 9.71. The molecule has 3 heterocycles. The Balaban J connectivity index is 1.28. The van der Waals surface area contributed by atoms with Gasteiger partial charge in [-0.05, 0) is 54.1 Å². The normalized spacial score (nSPS) is 11.7. The first-order valence-corrected chi connectivity index (χ1v) is 11.7. The third-order valence-corrected chi connectivity index (χ3v) is 6.28. The number of hydrogen-bond acceptors (Lipinski definition) is 3. The van der Waals surface area contributed by atoms with Crippen LogP contribution in [-0.2, 0) is 12.3 Å². The molecule has 33 heavy (non-hydrogen) atoms. The first kappa shape index (κ1) is 21.0. The monoisotopic (exact) mass is 450 g/mol. The summed E-state index contributed by atoms with van der Waals surface area (Å²) in [5.74, 6) is 0.517. The zero-order valence-electron chi connectivity index (χ0n) is 17.9. The van der Waals surface area contributed by atoms with E-state index in [2.05, 4.69) is 22.1 Å². The minimum Gasteiger partial charge on any atom is -0.328 e. The molecular weight excluding hydrogens is 428 g/mol. The molecule has 5 rings (SSSR count). The minimum atomic E-state index is -0.250. The van der Waals surface area contributed by atoms with E-state index in [-0.39, 0.29) is 5.91 Å². The average molecular weight is 451 g/mol. The van der Waals surface area contributed by atoms with Gasteiger partial charge in [-0.15, -0.1) is 11.8 Å². The fourth-order valence-electron chi connectivity index (χ4n) is 3.56. The van der Waals surface area contributed by atoms with Gasteiger partial charge < -0.3 is 8.97 Å². The van der Waals surface area contributed by atoms with Crippen molar-refractivity contribution in [3.05, 3.63) is 132 Å². The molecule has 2 aromatic carbocycles. The van der Waals surface area contributed by atoms with Crippen molar-refractivity contribution in [2.75, 3.05) is 0 Å². The number of imidazole rings is 1. The Morgan fingerprint density at radius 1 is 0.848 bits per heavy atom. The van der Waals surface area contributed by atoms with E-state index in [1.165, 1.54) is 0 Å². The third-order valence-electron chi connectivity index (χ3n) is 5.23. The van der Waals surface area contributed by atoms with Crippen LogP contribution >= 0.6 is 11.8 Å². The van der Waals surface area contributed by atoms with Crippen molar-refractivity contribution in [1.82, 2.24) is 14.0 Å². The number of benzene rings is 2. The largest absolute Gasteiger partial charge is 0.328 e. The molecule has 0 radical (unpaired) electrons. The second-order valence-corrected chi connectivity index (χ2v) is 8.65. The van der Waals surface area contributed by atoms with Crippen LogP contribution in [-0.4, -0.2) is 19.9 Å². The van der Waals surface area contributed by atoms with E-state index in [1.54, 1.807) is 11.8 Å². The van der Waals surface area contributed by atoms with Gasteiger partial charge >= 0.3 is 0 Å². The van der Waals surface area contributed by atoms with E-state index >= 15 is 0 Å². The maximum absolute atomic E-state index is 12.8. The molecule has 162 valence electrons. The Bertz CT molecular complexity index is 1420. The van der Waals surface area contributed by atoms with Gasteiger partial charge in [0.05, 0.1) is 5.69 Å². The quantitative estimate of drug-likeness (QED) is 0.334. The Kier molecular flexibility index (Phi) is 6.17. The topological polar surface area (TPSA) is 51.7 Å². The van der Waals surface area contributed by atoms with Gasteiger partial charge in [0.15, 0.2) is 0 Å². The number of amides is 1. The Morgan fingerprint density at radius 3 is 2.42 bits per heavy atom. The lowest BCUT2D eigenvalue weighted by atomic mass is 10.2. The summed E-state index contributed by atoms with van der Waals surface area (Å²) in [6.45, 7) is 0.659. The van der Waals surface area contributed by atoms with Gasteiger partial charge in [-0.3, -0.25) is 4.79 Å². The van der Waals surface area contributed by atoms with E-state index < -0.39 is 0 Å². The number of hydrogen-bond donors (Lipinski definition) is 0. The van der Waals surface area contributed by atoms with Crippen molar-refractivity contribution in [1.29, 1.82) is 0 Å². The van der Waals surface area contributed by atoms with Crippen molar-refractivity contribution in [2.45, 2.75) is 17.2 Å². The third kappa shape index (κ3) is 5.13. The maximum atomic E-state index is 12.8. The van der Waals surface area contributed by atoms with Gasteiger partial charge in [-0.2, -0.15) is 4.99 Å². The predicted octanol–water partition coefficient (Wildman–Crippen LogP) is 5.22. The summed E-state index contributed by atoms with van der Waals surface area (Å²) >= 11 is 1.69. The van der Waals surface area contributed by atoms with Crippen LogP contribution in [0.3, 0.4) is 0 Å². The molecule has 0 fully saturated rings. The van der Waals surface area contributed by atoms with Crippen LogP contribution in [0, 0.1) is 0 Å². The zero-order valence-corrected chi connectivity index (χ0v) is 18.7. The van der Waals surface area contributed by atoms with Crippen molar-refractivity contribution in [3.8, 4) is 0 Å². The number of carbonyl (C=O) groups is 1. The summed E-state index contributed by atoms with van der Waals surface area (Å²) in [5.41, 5.74) is 4.33. The average Bonchev–Trinajstić information content (AvgIpc) is 3.28. The Labute approximate surface area is 196 Å². The number of nitrogens with zero attached hydrogens (tertiary/aromatic N) is 4. The molecule has 5 nitrogen and oxygen atoms in total. The van der Waals surface area contributed by atoms with Gasteiger partial charge in [0, 0.05) is 41.3 Å². The highest BCUT2D eigenvalue weighted by Crippen LogP contribution is 2.23. The lowest BCUT2D eigenvalue weighted by molar-refractivity contribution is 0.0997. The Hall–Kier alpha value is -3.90. The molecule has 1 amide bonds. The molecule has 0 aliphatic heterocycles. The van der Waals surface area contributed by atoms with Crippen molar-refractivity contribution >= 4 is 23.3 Å². The minimum absolute atomic E-state index is 0.250. The molecule has 5 aromatic rings. The van der Waals surface area contributed by atoms with Crippen molar-refractivity contribution in [3.63, 3.8) is 0 Å². The summed E-state index contributed by atoms with van der Waals surface area (Å²) in [7, 11) is 0. The lowest BCUT2D eigenvalue weighted by Gasteiger charge is -2.07. The first-order valence-electron chi connectivity index (χ1n) is 10.7. The second-order valence-electron chi connectivity index (χ2n) is 7.60. The van der Waals surface area contributed by atoms with Gasteiger partial charge in [0.1, 0.15) is 11.1 Å². The summed E-state index contributed by atoms with van der Waals surface area (Å²) in [5, 5.41) is 0. The van der Waals surface area contributed by atoms with E-state index in [0.29, 0.717) is 17.6 Å². The van der Waals surface area contributed by atoms with E-state index in [4.69, 9.17) is 0 Å². The number of rotatable bonds is 6.